The Morgan fingerprint density at radius 3 is 1.59 bits per heavy atom. The molecule has 0 amide bonds. The fraction of sp³-hybridized carbons (Fsp3) is 0. The molecule has 3 rings (SSSR count). The molecule has 0 aliphatic heterocycles. The summed E-state index contributed by atoms with van der Waals surface area (Å²) in [5.74, 6) is 0. The van der Waals surface area contributed by atoms with E-state index in [0.717, 1.165) is 22.3 Å². The van der Waals surface area contributed by atoms with Gasteiger partial charge in [-0.3, -0.25) is 0 Å². The van der Waals surface area contributed by atoms with Gasteiger partial charge in [-0.05, 0) is 28.3 Å². The lowest BCUT2D eigenvalue weighted by Gasteiger charge is -2.14. The maximum atomic E-state index is 9.51. The van der Waals surface area contributed by atoms with Gasteiger partial charge in [0.05, 0.1) is 0 Å². The molecule has 0 heterocycles. The molecule has 0 unspecified atom stereocenters. The normalized spacial score (nSPS) is 10.5. The molecule has 2 nitrogen and oxygen atoms in total. The number of hydrogen-bond donors (Lipinski definition) is 2. The molecule has 0 aromatic heterocycles. The van der Waals surface area contributed by atoms with Crippen LogP contribution >= 0.6 is 11.6 Å². The van der Waals surface area contributed by atoms with Crippen molar-refractivity contribution in [2.75, 3.05) is 0 Å². The van der Waals surface area contributed by atoms with Crippen molar-refractivity contribution in [2.45, 2.75) is 0 Å². The molecule has 108 valence electrons. The van der Waals surface area contributed by atoms with Crippen molar-refractivity contribution in [3.05, 3.63) is 77.8 Å². The fourth-order valence-electron chi connectivity index (χ4n) is 2.50. The lowest BCUT2D eigenvalue weighted by atomic mass is 9.77. The minimum atomic E-state index is -1.60. The predicted molar refractivity (Wildman–Crippen MR) is 92.1 cm³/mol. The molecule has 3 aromatic carbocycles. The Bertz CT molecular complexity index is 774. The van der Waals surface area contributed by atoms with E-state index in [1.165, 1.54) is 0 Å². The molecule has 0 radical (unpaired) electrons. The SMILES string of the molecule is OB(O)c1cc(-c2ccccc2)c(-c2ccccc2)cc1Cl. The lowest BCUT2D eigenvalue weighted by molar-refractivity contribution is 0.426. The summed E-state index contributed by atoms with van der Waals surface area (Å²) in [5.41, 5.74) is 4.21. The molecule has 0 bridgehead atoms. The third-order valence-corrected chi connectivity index (χ3v) is 3.91. The van der Waals surface area contributed by atoms with Crippen molar-refractivity contribution in [3.8, 4) is 22.3 Å². The number of benzene rings is 3. The minimum absolute atomic E-state index is 0.306. The second-order valence-corrected chi connectivity index (χ2v) is 5.43. The zero-order chi connectivity index (χ0) is 15.5. The van der Waals surface area contributed by atoms with Gasteiger partial charge in [-0.15, -0.1) is 0 Å². The second-order valence-electron chi connectivity index (χ2n) is 5.03. The summed E-state index contributed by atoms with van der Waals surface area (Å²) in [6.07, 6.45) is 0. The van der Waals surface area contributed by atoms with Crippen molar-refractivity contribution >= 4 is 24.2 Å². The smallest absolute Gasteiger partial charge is 0.423 e. The van der Waals surface area contributed by atoms with Crippen LogP contribution in [0.5, 0.6) is 0 Å². The quantitative estimate of drug-likeness (QED) is 0.729. The van der Waals surface area contributed by atoms with Crippen molar-refractivity contribution in [1.82, 2.24) is 0 Å². The van der Waals surface area contributed by atoms with E-state index in [-0.39, 0.29) is 0 Å². The van der Waals surface area contributed by atoms with E-state index in [2.05, 4.69) is 0 Å². The van der Waals surface area contributed by atoms with Crippen LogP contribution in [0.2, 0.25) is 5.02 Å². The third-order valence-electron chi connectivity index (χ3n) is 3.58. The molecular formula is C18H14BClO2. The van der Waals surface area contributed by atoms with E-state index in [1.54, 1.807) is 12.1 Å². The topological polar surface area (TPSA) is 40.5 Å². The zero-order valence-corrected chi connectivity index (χ0v) is 12.5. The number of hydrogen-bond acceptors (Lipinski definition) is 2. The molecule has 4 heteroatoms. The highest BCUT2D eigenvalue weighted by Crippen LogP contribution is 2.33. The Morgan fingerprint density at radius 1 is 0.682 bits per heavy atom. The van der Waals surface area contributed by atoms with Crippen molar-refractivity contribution in [1.29, 1.82) is 0 Å². The zero-order valence-electron chi connectivity index (χ0n) is 11.8. The van der Waals surface area contributed by atoms with Gasteiger partial charge in [0.25, 0.3) is 0 Å². The molecular weight excluding hydrogens is 294 g/mol. The van der Waals surface area contributed by atoms with Gasteiger partial charge in [-0.25, -0.2) is 0 Å². The summed E-state index contributed by atoms with van der Waals surface area (Å²) in [5, 5.41) is 19.4. The van der Waals surface area contributed by atoms with Crippen LogP contribution in [0.4, 0.5) is 0 Å². The van der Waals surface area contributed by atoms with Crippen LogP contribution < -0.4 is 5.46 Å². The summed E-state index contributed by atoms with van der Waals surface area (Å²) < 4.78 is 0. The maximum Gasteiger partial charge on any atom is 0.489 e. The summed E-state index contributed by atoms with van der Waals surface area (Å²) in [6.45, 7) is 0. The van der Waals surface area contributed by atoms with Crippen LogP contribution in [-0.2, 0) is 0 Å². The summed E-state index contributed by atoms with van der Waals surface area (Å²) in [4.78, 5) is 0. The van der Waals surface area contributed by atoms with Gasteiger partial charge in [0.2, 0.25) is 0 Å². The molecule has 0 saturated heterocycles. The Morgan fingerprint density at radius 2 is 1.14 bits per heavy atom. The van der Waals surface area contributed by atoms with E-state index in [1.807, 2.05) is 60.7 Å². The largest absolute Gasteiger partial charge is 0.489 e. The van der Waals surface area contributed by atoms with Gasteiger partial charge in [-0.2, -0.15) is 0 Å². The summed E-state index contributed by atoms with van der Waals surface area (Å²) in [7, 11) is -1.60. The highest BCUT2D eigenvalue weighted by Gasteiger charge is 2.19. The first-order valence-corrected chi connectivity index (χ1v) is 7.35. The third kappa shape index (κ3) is 2.92. The molecule has 0 atom stereocenters. The van der Waals surface area contributed by atoms with E-state index in [0.29, 0.717) is 10.5 Å². The highest BCUT2D eigenvalue weighted by molar-refractivity contribution is 6.63. The molecule has 0 fully saturated rings. The summed E-state index contributed by atoms with van der Waals surface area (Å²) >= 11 is 6.21. The average Bonchev–Trinajstić information content (AvgIpc) is 2.56. The van der Waals surface area contributed by atoms with Crippen LogP contribution in [0.3, 0.4) is 0 Å². The van der Waals surface area contributed by atoms with Crippen LogP contribution in [0, 0.1) is 0 Å². The van der Waals surface area contributed by atoms with Gasteiger partial charge in [0.15, 0.2) is 0 Å². The number of halogens is 1. The molecule has 0 spiro atoms. The first kappa shape index (κ1) is 14.9. The summed E-state index contributed by atoms with van der Waals surface area (Å²) in [6, 6.07) is 23.3. The fourth-order valence-corrected chi connectivity index (χ4v) is 2.76. The van der Waals surface area contributed by atoms with E-state index in [9.17, 15) is 10.0 Å². The second kappa shape index (κ2) is 6.36. The Hall–Kier alpha value is -2.07. The van der Waals surface area contributed by atoms with Crippen LogP contribution in [0.25, 0.3) is 22.3 Å². The van der Waals surface area contributed by atoms with Gasteiger partial charge < -0.3 is 10.0 Å². The van der Waals surface area contributed by atoms with Gasteiger partial charge in [0.1, 0.15) is 0 Å². The molecule has 3 aromatic rings. The monoisotopic (exact) mass is 308 g/mol. The van der Waals surface area contributed by atoms with Crippen molar-refractivity contribution < 1.29 is 10.0 Å². The first-order valence-electron chi connectivity index (χ1n) is 6.97. The van der Waals surface area contributed by atoms with E-state index < -0.39 is 7.12 Å². The molecule has 22 heavy (non-hydrogen) atoms. The highest BCUT2D eigenvalue weighted by atomic mass is 35.5. The minimum Gasteiger partial charge on any atom is -0.423 e. The van der Waals surface area contributed by atoms with E-state index in [4.69, 9.17) is 11.6 Å². The number of rotatable bonds is 3. The predicted octanol–water partition coefficient (Wildman–Crippen LogP) is 3.35. The molecule has 0 aliphatic rings. The Kier molecular flexibility index (Phi) is 4.30. The van der Waals surface area contributed by atoms with Gasteiger partial charge >= 0.3 is 7.12 Å². The van der Waals surface area contributed by atoms with Gasteiger partial charge in [0, 0.05) is 10.5 Å². The van der Waals surface area contributed by atoms with Crippen LogP contribution in [-0.4, -0.2) is 17.2 Å². The maximum absolute atomic E-state index is 9.51. The molecule has 0 aliphatic carbocycles. The van der Waals surface area contributed by atoms with Crippen molar-refractivity contribution in [2.24, 2.45) is 0 Å². The van der Waals surface area contributed by atoms with E-state index >= 15 is 0 Å². The lowest BCUT2D eigenvalue weighted by Crippen LogP contribution is -2.31. The molecule has 0 saturated carbocycles. The van der Waals surface area contributed by atoms with Crippen LogP contribution in [0.1, 0.15) is 0 Å². The average molecular weight is 309 g/mol. The van der Waals surface area contributed by atoms with Crippen LogP contribution in [0.15, 0.2) is 72.8 Å². The molecule has 2 N–H and O–H groups in total. The Balaban J connectivity index is 2.27. The standard InChI is InChI=1S/C18H14BClO2/c20-18-12-16(14-9-5-2-6-10-14)15(11-17(18)19(21)22)13-7-3-1-4-8-13/h1-12,21-22H. The van der Waals surface area contributed by atoms with Gasteiger partial charge in [-0.1, -0.05) is 78.3 Å². The first-order chi connectivity index (χ1) is 10.7. The van der Waals surface area contributed by atoms with Crippen molar-refractivity contribution in [3.63, 3.8) is 0 Å². The Labute approximate surface area is 134 Å².